The van der Waals surface area contributed by atoms with Crippen LogP contribution in [0, 0.1) is 6.92 Å². The molecule has 0 amide bonds. The van der Waals surface area contributed by atoms with Crippen molar-refractivity contribution in [1.82, 2.24) is 4.98 Å². The van der Waals surface area contributed by atoms with E-state index in [-0.39, 0.29) is 0 Å². The van der Waals surface area contributed by atoms with Gasteiger partial charge in [0.1, 0.15) is 12.1 Å². The Labute approximate surface area is 208 Å². The van der Waals surface area contributed by atoms with E-state index in [0.717, 1.165) is 33.5 Å². The van der Waals surface area contributed by atoms with E-state index in [1.54, 1.807) is 13.3 Å². The fourth-order valence-electron chi connectivity index (χ4n) is 3.62. The molecule has 0 aliphatic heterocycles. The molecule has 0 bridgehead atoms. The second-order valence-corrected chi connectivity index (χ2v) is 8.49. The number of aryl methyl sites for hydroxylation is 1. The molecule has 0 aliphatic carbocycles. The van der Waals surface area contributed by atoms with Crippen molar-refractivity contribution in [2.45, 2.75) is 13.5 Å². The number of fused-ring (bicyclic) bond motifs is 1. The number of hydrogen-bond acceptors (Lipinski definition) is 5. The number of oxazole rings is 1. The van der Waals surface area contributed by atoms with Crippen molar-refractivity contribution in [2.75, 3.05) is 7.11 Å². The average Bonchev–Trinajstić information content (AvgIpc) is 3.31. The number of rotatable bonds is 7. The summed E-state index contributed by atoms with van der Waals surface area (Å²) in [6.07, 6.45) is 1.78. The van der Waals surface area contributed by atoms with Gasteiger partial charge in [0, 0.05) is 22.4 Å². The minimum absolute atomic E-state index is 0.353. The quantitative estimate of drug-likeness (QED) is 0.222. The first-order valence-corrected chi connectivity index (χ1v) is 11.5. The smallest absolute Gasteiger partial charge is 0.227 e. The number of methoxy groups -OCH3 is 1. The Morgan fingerprint density at radius 1 is 0.943 bits per heavy atom. The summed E-state index contributed by atoms with van der Waals surface area (Å²) in [5.74, 6) is 1.85. The summed E-state index contributed by atoms with van der Waals surface area (Å²) in [5, 5.41) is 0.672. The van der Waals surface area contributed by atoms with Gasteiger partial charge in [0.05, 0.1) is 12.8 Å². The molecule has 0 saturated carbocycles. The summed E-state index contributed by atoms with van der Waals surface area (Å²) in [4.78, 5) is 9.24. The van der Waals surface area contributed by atoms with Gasteiger partial charge in [-0.05, 0) is 67.1 Å². The molecular weight excluding hydrogens is 460 g/mol. The van der Waals surface area contributed by atoms with Crippen molar-refractivity contribution in [2.24, 2.45) is 4.99 Å². The molecule has 6 heteroatoms. The Morgan fingerprint density at radius 3 is 2.57 bits per heavy atom. The van der Waals surface area contributed by atoms with Crippen LogP contribution in [0.2, 0.25) is 5.02 Å². The van der Waals surface area contributed by atoms with Crippen LogP contribution in [0.4, 0.5) is 5.69 Å². The van der Waals surface area contributed by atoms with Crippen molar-refractivity contribution in [3.8, 4) is 23.0 Å². The third kappa shape index (κ3) is 5.20. The number of aromatic nitrogens is 1. The molecule has 4 aromatic carbocycles. The normalized spacial score (nSPS) is 11.3. The van der Waals surface area contributed by atoms with Crippen LogP contribution >= 0.6 is 11.6 Å². The van der Waals surface area contributed by atoms with Crippen molar-refractivity contribution in [3.63, 3.8) is 0 Å². The molecule has 0 unspecified atom stereocenters. The molecule has 0 aliphatic rings. The molecule has 0 saturated heterocycles. The predicted octanol–water partition coefficient (Wildman–Crippen LogP) is 7.79. The van der Waals surface area contributed by atoms with E-state index in [0.29, 0.717) is 29.0 Å². The zero-order valence-corrected chi connectivity index (χ0v) is 20.1. The number of hydrogen-bond donors (Lipinski definition) is 0. The van der Waals surface area contributed by atoms with Gasteiger partial charge in [-0.2, -0.15) is 0 Å². The monoisotopic (exact) mass is 482 g/mol. The third-order valence-electron chi connectivity index (χ3n) is 5.56. The van der Waals surface area contributed by atoms with Crippen molar-refractivity contribution in [1.29, 1.82) is 0 Å². The molecule has 1 aromatic heterocycles. The molecule has 0 spiro atoms. The van der Waals surface area contributed by atoms with Gasteiger partial charge < -0.3 is 13.9 Å². The maximum Gasteiger partial charge on any atom is 0.227 e. The van der Waals surface area contributed by atoms with Crippen LogP contribution in [0.15, 0.2) is 94.3 Å². The summed E-state index contributed by atoms with van der Waals surface area (Å²) in [6.45, 7) is 2.41. The molecule has 0 fully saturated rings. The Kier molecular flexibility index (Phi) is 6.51. The fraction of sp³-hybridized carbons (Fsp3) is 0.103. The van der Waals surface area contributed by atoms with E-state index in [9.17, 15) is 0 Å². The summed E-state index contributed by atoms with van der Waals surface area (Å²) in [5.41, 5.74) is 6.19. The van der Waals surface area contributed by atoms with Crippen LogP contribution in [0.3, 0.4) is 0 Å². The molecule has 1 heterocycles. The minimum atomic E-state index is 0.353. The lowest BCUT2D eigenvalue weighted by Gasteiger charge is -2.12. The molecule has 0 radical (unpaired) electrons. The maximum absolute atomic E-state index is 6.22. The summed E-state index contributed by atoms with van der Waals surface area (Å²) < 4.78 is 17.4. The Balaban J connectivity index is 1.32. The lowest BCUT2D eigenvalue weighted by Crippen LogP contribution is -1.99. The van der Waals surface area contributed by atoms with Gasteiger partial charge in [-0.15, -0.1) is 0 Å². The van der Waals surface area contributed by atoms with E-state index in [1.807, 2.05) is 84.9 Å². The van der Waals surface area contributed by atoms with Crippen molar-refractivity contribution in [3.05, 3.63) is 107 Å². The van der Waals surface area contributed by atoms with Crippen LogP contribution in [0.5, 0.6) is 11.5 Å². The summed E-state index contributed by atoms with van der Waals surface area (Å²) >= 11 is 6.22. The lowest BCUT2D eigenvalue weighted by atomic mass is 10.1. The molecule has 5 nitrogen and oxygen atoms in total. The molecule has 0 atom stereocenters. The Hall–Kier alpha value is -4.09. The van der Waals surface area contributed by atoms with Gasteiger partial charge in [-0.3, -0.25) is 4.99 Å². The molecular formula is C29H23ClN2O3. The van der Waals surface area contributed by atoms with Crippen LogP contribution in [0.25, 0.3) is 22.6 Å². The number of halogens is 1. The first kappa shape index (κ1) is 22.7. The van der Waals surface area contributed by atoms with Crippen LogP contribution < -0.4 is 9.47 Å². The predicted molar refractivity (Wildman–Crippen MR) is 140 cm³/mol. The first-order valence-electron chi connectivity index (χ1n) is 11.1. The number of benzene rings is 4. The van der Waals surface area contributed by atoms with Crippen LogP contribution in [-0.4, -0.2) is 18.3 Å². The second kappa shape index (κ2) is 10.0. The van der Waals surface area contributed by atoms with Crippen molar-refractivity contribution >= 4 is 34.6 Å². The number of nitrogens with zero attached hydrogens (tertiary/aromatic N) is 2. The van der Waals surface area contributed by atoms with E-state index < -0.39 is 0 Å². The van der Waals surface area contributed by atoms with Crippen LogP contribution in [0.1, 0.15) is 16.7 Å². The lowest BCUT2D eigenvalue weighted by molar-refractivity contribution is 0.284. The zero-order valence-electron chi connectivity index (χ0n) is 19.4. The van der Waals surface area contributed by atoms with E-state index in [1.165, 1.54) is 5.56 Å². The van der Waals surface area contributed by atoms with Gasteiger partial charge in [0.25, 0.3) is 0 Å². The molecule has 0 N–H and O–H groups in total. The van der Waals surface area contributed by atoms with Gasteiger partial charge in [0.2, 0.25) is 5.89 Å². The highest BCUT2D eigenvalue weighted by Crippen LogP contribution is 2.30. The second-order valence-electron chi connectivity index (χ2n) is 8.09. The first-order chi connectivity index (χ1) is 17.1. The van der Waals surface area contributed by atoms with E-state index >= 15 is 0 Å². The Bertz CT molecular complexity index is 1510. The number of ether oxygens (including phenoxy) is 2. The Morgan fingerprint density at radius 2 is 1.77 bits per heavy atom. The highest BCUT2D eigenvalue weighted by atomic mass is 35.5. The topological polar surface area (TPSA) is 56.9 Å². The zero-order chi connectivity index (χ0) is 24.2. The van der Waals surface area contributed by atoms with Gasteiger partial charge >= 0.3 is 0 Å². The molecule has 5 rings (SSSR count). The van der Waals surface area contributed by atoms with Crippen molar-refractivity contribution < 1.29 is 13.9 Å². The van der Waals surface area contributed by atoms with Crippen LogP contribution in [-0.2, 0) is 6.61 Å². The third-order valence-corrected chi connectivity index (χ3v) is 5.93. The SMILES string of the molecule is COc1cc(C=Nc2ccc3oc(-c4ccc(C)cc4)nc3c2)ccc1OCc1ccccc1Cl. The van der Waals surface area contributed by atoms with E-state index in [2.05, 4.69) is 16.9 Å². The largest absolute Gasteiger partial charge is 0.493 e. The summed E-state index contributed by atoms with van der Waals surface area (Å²) in [7, 11) is 1.61. The standard InChI is InChI=1S/C29H23ClN2O3/c1-19-7-10-21(11-8-19)29-32-25-16-23(12-14-26(25)35-29)31-17-20-9-13-27(28(15-20)33-2)34-18-22-5-3-4-6-24(22)30/h3-17H,18H2,1-2H3. The molecule has 5 aromatic rings. The number of aliphatic imine (C=N–C) groups is 1. The summed E-state index contributed by atoms with van der Waals surface area (Å²) in [6, 6.07) is 27.1. The van der Waals surface area contributed by atoms with Gasteiger partial charge in [-0.25, -0.2) is 4.98 Å². The highest BCUT2D eigenvalue weighted by molar-refractivity contribution is 6.31. The fourth-order valence-corrected chi connectivity index (χ4v) is 3.81. The minimum Gasteiger partial charge on any atom is -0.493 e. The maximum atomic E-state index is 6.22. The highest BCUT2D eigenvalue weighted by Gasteiger charge is 2.09. The molecule has 35 heavy (non-hydrogen) atoms. The average molecular weight is 483 g/mol. The molecule has 174 valence electrons. The van der Waals surface area contributed by atoms with Gasteiger partial charge in [0.15, 0.2) is 17.1 Å². The van der Waals surface area contributed by atoms with E-state index in [4.69, 9.17) is 25.5 Å². The van der Waals surface area contributed by atoms with Gasteiger partial charge in [-0.1, -0.05) is 47.5 Å².